The van der Waals surface area contributed by atoms with Crippen LogP contribution in [0.3, 0.4) is 0 Å². The highest BCUT2D eigenvalue weighted by Crippen LogP contribution is 2.18. The van der Waals surface area contributed by atoms with Crippen LogP contribution < -0.4 is 10.1 Å². The van der Waals surface area contributed by atoms with Crippen LogP contribution in [0, 0.1) is 12.8 Å². The fraction of sp³-hybridized carbons (Fsp3) is 0.556. The number of aliphatic hydroxyl groups is 1. The van der Waals surface area contributed by atoms with E-state index in [1.54, 1.807) is 4.90 Å². The topological polar surface area (TPSA) is 88.1 Å². The summed E-state index contributed by atoms with van der Waals surface area (Å²) < 4.78 is 10.3. The largest absolute Gasteiger partial charge is 0.484 e. The Balaban J connectivity index is 1.83. The summed E-state index contributed by atoms with van der Waals surface area (Å²) in [6, 6.07) is 7.36. The molecule has 7 nitrogen and oxygen atoms in total. The van der Waals surface area contributed by atoms with Crippen molar-refractivity contribution < 1.29 is 24.2 Å². The molecule has 0 aromatic heterocycles. The number of aliphatic hydroxyl groups excluding tert-OH is 1. The molecule has 25 heavy (non-hydrogen) atoms. The fourth-order valence-electron chi connectivity index (χ4n) is 2.88. The number of methoxy groups -OCH3 is 1. The van der Waals surface area contributed by atoms with Gasteiger partial charge in [0.05, 0.1) is 0 Å². The number of hydrogen-bond acceptors (Lipinski definition) is 5. The highest BCUT2D eigenvalue weighted by Gasteiger charge is 2.32. The van der Waals surface area contributed by atoms with E-state index in [2.05, 4.69) is 5.32 Å². The number of hydrogen-bond donors (Lipinski definition) is 2. The first-order valence-corrected chi connectivity index (χ1v) is 8.40. The molecule has 1 aliphatic rings. The van der Waals surface area contributed by atoms with Crippen LogP contribution in [0.5, 0.6) is 5.75 Å². The summed E-state index contributed by atoms with van der Waals surface area (Å²) in [7, 11) is 1.46. The summed E-state index contributed by atoms with van der Waals surface area (Å²) in [6.45, 7) is 2.75. The zero-order valence-electron chi connectivity index (χ0n) is 14.7. The molecule has 1 fully saturated rings. The van der Waals surface area contributed by atoms with Gasteiger partial charge < -0.3 is 24.8 Å². The van der Waals surface area contributed by atoms with E-state index in [0.29, 0.717) is 25.3 Å². The molecule has 2 rings (SSSR count). The molecule has 2 N–H and O–H groups in total. The monoisotopic (exact) mass is 350 g/mol. The molecule has 2 atom stereocenters. The SMILES string of the molecule is COCC(=O)N[C@@H]1CCN(C(=O)COc2ccc(C)cc2)C[C@@H]1CO. The number of ether oxygens (including phenoxy) is 2. The minimum absolute atomic E-state index is 0.0122. The standard InChI is InChI=1S/C18H26N2O5/c1-13-3-5-15(6-4-13)25-12-18(23)20-8-7-16(14(9-20)10-21)19-17(22)11-24-2/h3-6,14,16,21H,7-12H2,1-2H3,(H,19,22)/t14-,16-/m1/s1. The number of carbonyl (C=O) groups excluding carboxylic acids is 2. The summed E-state index contributed by atoms with van der Waals surface area (Å²) >= 11 is 0. The third-order valence-electron chi connectivity index (χ3n) is 4.33. The maximum Gasteiger partial charge on any atom is 0.260 e. The first kappa shape index (κ1) is 19.2. The maximum absolute atomic E-state index is 12.3. The molecule has 1 saturated heterocycles. The van der Waals surface area contributed by atoms with E-state index < -0.39 is 0 Å². The van der Waals surface area contributed by atoms with Gasteiger partial charge in [0.1, 0.15) is 12.4 Å². The molecule has 7 heteroatoms. The Morgan fingerprint density at radius 3 is 2.64 bits per heavy atom. The van der Waals surface area contributed by atoms with Crippen LogP contribution in [0.15, 0.2) is 24.3 Å². The van der Waals surface area contributed by atoms with Crippen LogP contribution >= 0.6 is 0 Å². The summed E-state index contributed by atoms with van der Waals surface area (Å²) in [5, 5.41) is 12.4. The Morgan fingerprint density at radius 1 is 1.28 bits per heavy atom. The van der Waals surface area contributed by atoms with E-state index in [-0.39, 0.29) is 43.6 Å². The second-order valence-electron chi connectivity index (χ2n) is 6.28. The van der Waals surface area contributed by atoms with Crippen LogP contribution in [-0.2, 0) is 14.3 Å². The Kier molecular flexibility index (Phi) is 7.21. The van der Waals surface area contributed by atoms with E-state index in [9.17, 15) is 14.7 Å². The normalized spacial score (nSPS) is 20.2. The number of aryl methyl sites for hydroxylation is 1. The minimum atomic E-state index is -0.214. The van der Waals surface area contributed by atoms with Gasteiger partial charge >= 0.3 is 0 Å². The lowest BCUT2D eigenvalue weighted by Gasteiger charge is -2.38. The van der Waals surface area contributed by atoms with E-state index >= 15 is 0 Å². The van der Waals surface area contributed by atoms with Gasteiger partial charge in [0.2, 0.25) is 5.91 Å². The molecular weight excluding hydrogens is 324 g/mol. The average molecular weight is 350 g/mol. The molecular formula is C18H26N2O5. The van der Waals surface area contributed by atoms with E-state index in [1.807, 2.05) is 31.2 Å². The Morgan fingerprint density at radius 2 is 2.00 bits per heavy atom. The zero-order chi connectivity index (χ0) is 18.2. The van der Waals surface area contributed by atoms with Gasteiger partial charge in [-0.05, 0) is 25.5 Å². The smallest absolute Gasteiger partial charge is 0.260 e. The van der Waals surface area contributed by atoms with Crippen molar-refractivity contribution in [3.63, 3.8) is 0 Å². The highest BCUT2D eigenvalue weighted by atomic mass is 16.5. The number of rotatable bonds is 7. The predicted molar refractivity (Wildman–Crippen MR) is 92.3 cm³/mol. The van der Waals surface area contributed by atoms with Crippen molar-refractivity contribution >= 4 is 11.8 Å². The number of likely N-dealkylation sites (tertiary alicyclic amines) is 1. The van der Waals surface area contributed by atoms with Gasteiger partial charge in [-0.1, -0.05) is 17.7 Å². The Bertz CT molecular complexity index is 575. The Hall–Kier alpha value is -2.12. The average Bonchev–Trinajstić information content (AvgIpc) is 2.61. The van der Waals surface area contributed by atoms with Crippen LogP contribution in [0.4, 0.5) is 0 Å². The molecule has 138 valence electrons. The lowest BCUT2D eigenvalue weighted by molar-refractivity contribution is -0.136. The summed E-state index contributed by atoms with van der Waals surface area (Å²) in [5.41, 5.74) is 1.13. The van der Waals surface area contributed by atoms with Gasteiger partial charge in [-0.3, -0.25) is 9.59 Å². The summed E-state index contributed by atoms with van der Waals surface area (Å²) in [5.74, 6) is 0.117. The van der Waals surface area contributed by atoms with Crippen molar-refractivity contribution in [1.82, 2.24) is 10.2 Å². The van der Waals surface area contributed by atoms with E-state index in [0.717, 1.165) is 5.56 Å². The lowest BCUT2D eigenvalue weighted by Crippen LogP contribution is -2.54. The molecule has 0 radical (unpaired) electrons. The number of benzene rings is 1. The van der Waals surface area contributed by atoms with Gasteiger partial charge in [-0.25, -0.2) is 0 Å². The molecule has 2 amide bonds. The van der Waals surface area contributed by atoms with Gasteiger partial charge in [-0.2, -0.15) is 0 Å². The second-order valence-corrected chi connectivity index (χ2v) is 6.28. The first-order valence-electron chi connectivity index (χ1n) is 8.40. The molecule has 1 aliphatic heterocycles. The van der Waals surface area contributed by atoms with Crippen molar-refractivity contribution in [3.8, 4) is 5.75 Å². The van der Waals surface area contributed by atoms with Crippen LogP contribution in [0.2, 0.25) is 0 Å². The number of piperidine rings is 1. The van der Waals surface area contributed by atoms with Crippen LogP contribution in [0.25, 0.3) is 0 Å². The van der Waals surface area contributed by atoms with Crippen molar-refractivity contribution in [2.45, 2.75) is 19.4 Å². The molecule has 0 saturated carbocycles. The van der Waals surface area contributed by atoms with E-state index in [1.165, 1.54) is 7.11 Å². The van der Waals surface area contributed by atoms with Crippen molar-refractivity contribution in [2.75, 3.05) is 40.0 Å². The third kappa shape index (κ3) is 5.72. The van der Waals surface area contributed by atoms with E-state index in [4.69, 9.17) is 9.47 Å². The van der Waals surface area contributed by atoms with Gasteiger partial charge in [0, 0.05) is 38.8 Å². The highest BCUT2D eigenvalue weighted by molar-refractivity contribution is 5.78. The Labute approximate surface area is 147 Å². The molecule has 0 aliphatic carbocycles. The molecule has 0 spiro atoms. The molecule has 1 aromatic carbocycles. The molecule has 0 unspecified atom stereocenters. The molecule has 0 bridgehead atoms. The second kappa shape index (κ2) is 9.39. The summed E-state index contributed by atoms with van der Waals surface area (Å²) in [4.78, 5) is 25.7. The number of amides is 2. The third-order valence-corrected chi connectivity index (χ3v) is 4.33. The van der Waals surface area contributed by atoms with Gasteiger partial charge in [0.25, 0.3) is 5.91 Å². The number of nitrogens with zero attached hydrogens (tertiary/aromatic N) is 1. The number of nitrogens with one attached hydrogen (secondary N) is 1. The first-order chi connectivity index (χ1) is 12.0. The quantitative estimate of drug-likeness (QED) is 0.741. The molecule has 1 aromatic rings. The van der Waals surface area contributed by atoms with Gasteiger partial charge in [0.15, 0.2) is 6.61 Å². The van der Waals surface area contributed by atoms with Crippen molar-refractivity contribution in [3.05, 3.63) is 29.8 Å². The van der Waals surface area contributed by atoms with Crippen LogP contribution in [0.1, 0.15) is 12.0 Å². The van der Waals surface area contributed by atoms with Crippen molar-refractivity contribution in [2.24, 2.45) is 5.92 Å². The van der Waals surface area contributed by atoms with Crippen LogP contribution in [-0.4, -0.2) is 67.9 Å². The van der Waals surface area contributed by atoms with Crippen molar-refractivity contribution in [1.29, 1.82) is 0 Å². The lowest BCUT2D eigenvalue weighted by atomic mass is 9.92. The van der Waals surface area contributed by atoms with Gasteiger partial charge in [-0.15, -0.1) is 0 Å². The minimum Gasteiger partial charge on any atom is -0.484 e. The zero-order valence-corrected chi connectivity index (χ0v) is 14.7. The fourth-order valence-corrected chi connectivity index (χ4v) is 2.88. The number of carbonyl (C=O) groups is 2. The maximum atomic E-state index is 12.3. The summed E-state index contributed by atoms with van der Waals surface area (Å²) in [6.07, 6.45) is 0.594. The molecule has 1 heterocycles. The predicted octanol–water partition coefficient (Wildman–Crippen LogP) is 0.346.